The van der Waals surface area contributed by atoms with E-state index < -0.39 is 12.1 Å². The Hall–Kier alpha value is -1.75. The van der Waals surface area contributed by atoms with E-state index in [0.717, 1.165) is 6.42 Å². The van der Waals surface area contributed by atoms with Gasteiger partial charge in [0.15, 0.2) is 17.6 Å². The molecule has 1 atom stereocenters. The molecular weight excluding hydrogens is 248 g/mol. The normalized spacial score (nSPS) is 11.9. The van der Waals surface area contributed by atoms with Gasteiger partial charge in [-0.3, -0.25) is 0 Å². The van der Waals surface area contributed by atoms with Gasteiger partial charge < -0.3 is 19.7 Å². The zero-order chi connectivity index (χ0) is 14.3. The molecule has 106 valence electrons. The molecule has 2 N–H and O–H groups in total. The van der Waals surface area contributed by atoms with E-state index in [1.54, 1.807) is 18.2 Å². The van der Waals surface area contributed by atoms with Crippen LogP contribution in [0.1, 0.15) is 32.3 Å². The average Bonchev–Trinajstić information content (AvgIpc) is 2.40. The monoisotopic (exact) mass is 268 g/mol. The highest BCUT2D eigenvalue weighted by molar-refractivity contribution is 5.72. The number of benzene rings is 1. The van der Waals surface area contributed by atoms with E-state index in [0.29, 0.717) is 30.1 Å². The molecule has 1 aromatic rings. The lowest BCUT2D eigenvalue weighted by atomic mass is 10.2. The van der Waals surface area contributed by atoms with Crippen LogP contribution in [0, 0.1) is 0 Å². The highest BCUT2D eigenvalue weighted by atomic mass is 16.5. The Morgan fingerprint density at radius 2 is 2.05 bits per heavy atom. The van der Waals surface area contributed by atoms with Crippen molar-refractivity contribution in [3.05, 3.63) is 23.8 Å². The van der Waals surface area contributed by atoms with E-state index in [2.05, 4.69) is 0 Å². The number of aliphatic hydroxyl groups excluding tert-OH is 1. The topological polar surface area (TPSA) is 76.0 Å². The summed E-state index contributed by atoms with van der Waals surface area (Å²) in [4.78, 5) is 11.1. The molecule has 5 heteroatoms. The zero-order valence-electron chi connectivity index (χ0n) is 11.3. The second-order valence-corrected chi connectivity index (χ2v) is 4.11. The molecule has 0 bridgehead atoms. The van der Waals surface area contributed by atoms with Gasteiger partial charge in [0.1, 0.15) is 0 Å². The predicted molar refractivity (Wildman–Crippen MR) is 70.5 cm³/mol. The van der Waals surface area contributed by atoms with Crippen LogP contribution in [0.15, 0.2) is 18.2 Å². The van der Waals surface area contributed by atoms with Crippen molar-refractivity contribution in [2.24, 2.45) is 0 Å². The fourth-order valence-electron chi connectivity index (χ4n) is 1.66. The summed E-state index contributed by atoms with van der Waals surface area (Å²) in [5.41, 5.74) is 0.693. The molecule has 0 radical (unpaired) electrons. The van der Waals surface area contributed by atoms with Gasteiger partial charge >= 0.3 is 5.97 Å². The maximum Gasteiger partial charge on any atom is 0.344 e. The van der Waals surface area contributed by atoms with Crippen LogP contribution in [0.5, 0.6) is 11.5 Å². The molecule has 19 heavy (non-hydrogen) atoms. The fraction of sp³-hybridized carbons (Fsp3) is 0.500. The number of rotatable bonds is 8. The molecule has 1 aromatic carbocycles. The van der Waals surface area contributed by atoms with Crippen LogP contribution in [0.3, 0.4) is 0 Å². The van der Waals surface area contributed by atoms with E-state index in [-0.39, 0.29) is 6.61 Å². The van der Waals surface area contributed by atoms with Crippen molar-refractivity contribution in [2.45, 2.75) is 39.4 Å². The van der Waals surface area contributed by atoms with Crippen molar-refractivity contribution in [3.63, 3.8) is 0 Å². The van der Waals surface area contributed by atoms with Crippen LogP contribution in [0.2, 0.25) is 0 Å². The minimum atomic E-state index is -0.990. The molecule has 0 aliphatic rings. The van der Waals surface area contributed by atoms with E-state index in [9.17, 15) is 4.79 Å². The van der Waals surface area contributed by atoms with Crippen molar-refractivity contribution in [1.29, 1.82) is 0 Å². The number of aliphatic carboxylic acids is 1. The number of ether oxygens (including phenoxy) is 2. The molecule has 5 nitrogen and oxygen atoms in total. The van der Waals surface area contributed by atoms with E-state index in [4.69, 9.17) is 19.7 Å². The van der Waals surface area contributed by atoms with Crippen molar-refractivity contribution in [3.8, 4) is 11.5 Å². The molecule has 0 aliphatic carbocycles. The Morgan fingerprint density at radius 3 is 2.58 bits per heavy atom. The average molecular weight is 268 g/mol. The third-order valence-electron chi connectivity index (χ3n) is 2.59. The van der Waals surface area contributed by atoms with Gasteiger partial charge in [-0.05, 0) is 31.0 Å². The van der Waals surface area contributed by atoms with Crippen molar-refractivity contribution < 1.29 is 24.5 Å². The Balaban J connectivity index is 2.94. The highest BCUT2D eigenvalue weighted by Gasteiger charge is 2.20. The quantitative estimate of drug-likeness (QED) is 0.756. The summed E-state index contributed by atoms with van der Waals surface area (Å²) in [6.45, 7) is 4.07. The first-order chi connectivity index (χ1) is 9.12. The highest BCUT2D eigenvalue weighted by Crippen LogP contribution is 2.30. The molecular formula is C14H20O5. The summed E-state index contributed by atoms with van der Waals surface area (Å²) in [6.07, 6.45) is 0.266. The molecule has 0 saturated heterocycles. The number of carboxylic acids is 1. The molecule has 0 amide bonds. The molecule has 0 heterocycles. The minimum absolute atomic E-state index is 0.0995. The third kappa shape index (κ3) is 4.44. The van der Waals surface area contributed by atoms with E-state index >= 15 is 0 Å². The van der Waals surface area contributed by atoms with Gasteiger partial charge in [-0.25, -0.2) is 4.79 Å². The van der Waals surface area contributed by atoms with Crippen molar-refractivity contribution >= 4 is 5.97 Å². The molecule has 0 spiro atoms. The summed E-state index contributed by atoms with van der Waals surface area (Å²) in [7, 11) is 0. The number of carbonyl (C=O) groups is 1. The smallest absolute Gasteiger partial charge is 0.344 e. The lowest BCUT2D eigenvalue weighted by molar-refractivity contribution is -0.145. The number of hydrogen-bond acceptors (Lipinski definition) is 4. The predicted octanol–water partition coefficient (Wildman–Crippen LogP) is 2.21. The van der Waals surface area contributed by atoms with Gasteiger partial charge in [-0.2, -0.15) is 0 Å². The summed E-state index contributed by atoms with van der Waals surface area (Å²) in [5, 5.41) is 18.2. The summed E-state index contributed by atoms with van der Waals surface area (Å²) >= 11 is 0. The van der Waals surface area contributed by atoms with Gasteiger partial charge in [-0.15, -0.1) is 0 Å². The number of carboxylic acid groups (broad SMARTS) is 1. The van der Waals surface area contributed by atoms with Crippen LogP contribution in [-0.2, 0) is 11.4 Å². The van der Waals surface area contributed by atoms with E-state index in [1.165, 1.54) is 0 Å². The SMILES string of the molecule is CCCC(Oc1ccc(CO)cc1OCC)C(=O)O. The Bertz CT molecular complexity index is 416. The molecule has 0 saturated carbocycles. The van der Waals surface area contributed by atoms with E-state index in [1.807, 2.05) is 13.8 Å². The Morgan fingerprint density at radius 1 is 1.32 bits per heavy atom. The van der Waals surface area contributed by atoms with Crippen LogP contribution >= 0.6 is 0 Å². The van der Waals surface area contributed by atoms with Gasteiger partial charge in [-0.1, -0.05) is 19.4 Å². The van der Waals surface area contributed by atoms with Crippen LogP contribution in [0.25, 0.3) is 0 Å². The zero-order valence-corrected chi connectivity index (χ0v) is 11.3. The van der Waals surface area contributed by atoms with Crippen LogP contribution < -0.4 is 9.47 Å². The first-order valence-electron chi connectivity index (χ1n) is 6.38. The van der Waals surface area contributed by atoms with Crippen molar-refractivity contribution in [1.82, 2.24) is 0 Å². The molecule has 0 aliphatic heterocycles. The summed E-state index contributed by atoms with van der Waals surface area (Å²) < 4.78 is 10.9. The Labute approximate surface area is 112 Å². The van der Waals surface area contributed by atoms with Gasteiger partial charge in [0.2, 0.25) is 0 Å². The summed E-state index contributed by atoms with van der Waals surface area (Å²) in [6, 6.07) is 4.97. The third-order valence-corrected chi connectivity index (χ3v) is 2.59. The first-order valence-corrected chi connectivity index (χ1v) is 6.38. The lowest BCUT2D eigenvalue weighted by Crippen LogP contribution is -2.26. The standard InChI is InChI=1S/C14H20O5/c1-3-5-12(14(16)17)19-11-7-6-10(9-15)8-13(11)18-4-2/h6-8,12,15H,3-5,9H2,1-2H3,(H,16,17). The number of aliphatic hydroxyl groups is 1. The maximum atomic E-state index is 11.1. The van der Waals surface area contributed by atoms with Crippen molar-refractivity contribution in [2.75, 3.05) is 6.61 Å². The first kappa shape index (κ1) is 15.3. The van der Waals surface area contributed by atoms with Gasteiger partial charge in [0, 0.05) is 0 Å². The van der Waals surface area contributed by atoms with Crippen LogP contribution in [0.4, 0.5) is 0 Å². The molecule has 1 unspecified atom stereocenters. The fourth-order valence-corrected chi connectivity index (χ4v) is 1.66. The van der Waals surface area contributed by atoms with Crippen LogP contribution in [-0.4, -0.2) is 28.9 Å². The number of hydrogen-bond donors (Lipinski definition) is 2. The second kappa shape index (κ2) is 7.63. The van der Waals surface area contributed by atoms with Gasteiger partial charge in [0.05, 0.1) is 13.2 Å². The molecule has 1 rings (SSSR count). The largest absolute Gasteiger partial charge is 0.490 e. The second-order valence-electron chi connectivity index (χ2n) is 4.11. The minimum Gasteiger partial charge on any atom is -0.490 e. The Kier molecular flexibility index (Phi) is 6.15. The molecule has 0 fully saturated rings. The molecule has 0 aromatic heterocycles. The van der Waals surface area contributed by atoms with Gasteiger partial charge in [0.25, 0.3) is 0 Å². The summed E-state index contributed by atoms with van der Waals surface area (Å²) in [5.74, 6) is -0.146. The lowest BCUT2D eigenvalue weighted by Gasteiger charge is -2.17. The maximum absolute atomic E-state index is 11.1.